The van der Waals surface area contributed by atoms with Crippen LogP contribution in [0, 0.1) is 0 Å². The van der Waals surface area contributed by atoms with Crippen LogP contribution in [-0.2, 0) is 23.1 Å². The summed E-state index contributed by atoms with van der Waals surface area (Å²) >= 11 is 0. The van der Waals surface area contributed by atoms with Gasteiger partial charge in [0, 0.05) is 7.05 Å². The van der Waals surface area contributed by atoms with E-state index in [0.717, 1.165) is 11.0 Å². The summed E-state index contributed by atoms with van der Waals surface area (Å²) in [6.07, 6.45) is -0.178. The number of aromatic nitrogens is 2. The van der Waals surface area contributed by atoms with Gasteiger partial charge < -0.3 is 4.74 Å². The first-order valence-corrected chi connectivity index (χ1v) is 5.84. The molecule has 0 amide bonds. The van der Waals surface area contributed by atoms with Crippen LogP contribution in [0.3, 0.4) is 0 Å². The van der Waals surface area contributed by atoms with Crippen molar-refractivity contribution in [3.8, 4) is 0 Å². The Morgan fingerprint density at radius 3 is 2.50 bits per heavy atom. The molecule has 0 fully saturated rings. The van der Waals surface area contributed by atoms with Crippen LogP contribution in [-0.4, -0.2) is 21.2 Å². The third-order valence-electron chi connectivity index (χ3n) is 2.71. The molecule has 0 saturated carbocycles. The summed E-state index contributed by atoms with van der Waals surface area (Å²) in [5, 5.41) is 0. The summed E-state index contributed by atoms with van der Waals surface area (Å²) in [5.41, 5.74) is 1.34. The SMILES string of the molecule is CC(C)OC(=O)Cn1c(=O)n(C)c2ccccc21. The fourth-order valence-corrected chi connectivity index (χ4v) is 1.95. The lowest BCUT2D eigenvalue weighted by molar-refractivity contribution is -0.148. The summed E-state index contributed by atoms with van der Waals surface area (Å²) < 4.78 is 8.02. The van der Waals surface area contributed by atoms with E-state index >= 15 is 0 Å². The Hall–Kier alpha value is -2.04. The van der Waals surface area contributed by atoms with E-state index in [1.165, 1.54) is 9.13 Å². The summed E-state index contributed by atoms with van der Waals surface area (Å²) in [6.45, 7) is 3.51. The lowest BCUT2D eigenvalue weighted by Crippen LogP contribution is -2.27. The lowest BCUT2D eigenvalue weighted by atomic mass is 10.3. The van der Waals surface area contributed by atoms with Crippen molar-refractivity contribution in [3.63, 3.8) is 0 Å². The number of hydrogen-bond acceptors (Lipinski definition) is 3. The topological polar surface area (TPSA) is 53.2 Å². The predicted molar refractivity (Wildman–Crippen MR) is 68.4 cm³/mol. The molecular formula is C13H16N2O3. The number of hydrogen-bond donors (Lipinski definition) is 0. The summed E-state index contributed by atoms with van der Waals surface area (Å²) in [4.78, 5) is 23.7. The fraction of sp³-hybridized carbons (Fsp3) is 0.385. The molecular weight excluding hydrogens is 232 g/mol. The van der Waals surface area contributed by atoms with Crippen LogP contribution in [0.5, 0.6) is 0 Å². The lowest BCUT2D eigenvalue weighted by Gasteiger charge is -2.08. The van der Waals surface area contributed by atoms with Gasteiger partial charge >= 0.3 is 11.7 Å². The zero-order chi connectivity index (χ0) is 13.3. The van der Waals surface area contributed by atoms with Crippen LogP contribution in [0.4, 0.5) is 0 Å². The van der Waals surface area contributed by atoms with Gasteiger partial charge in [0.25, 0.3) is 0 Å². The van der Waals surface area contributed by atoms with Gasteiger partial charge in [0.05, 0.1) is 17.1 Å². The predicted octanol–water partition coefficient (Wildman–Crippen LogP) is 1.29. The number of esters is 1. The van der Waals surface area contributed by atoms with E-state index < -0.39 is 5.97 Å². The number of rotatable bonds is 3. The van der Waals surface area contributed by atoms with Crippen molar-refractivity contribution < 1.29 is 9.53 Å². The number of aryl methyl sites for hydroxylation is 1. The quantitative estimate of drug-likeness (QED) is 0.769. The molecule has 1 aromatic carbocycles. The van der Waals surface area contributed by atoms with E-state index in [9.17, 15) is 9.59 Å². The van der Waals surface area contributed by atoms with Gasteiger partial charge in [-0.2, -0.15) is 0 Å². The molecule has 0 unspecified atom stereocenters. The van der Waals surface area contributed by atoms with E-state index in [-0.39, 0.29) is 18.3 Å². The average Bonchev–Trinajstić information content (AvgIpc) is 2.54. The maximum atomic E-state index is 12.0. The van der Waals surface area contributed by atoms with E-state index in [4.69, 9.17) is 4.74 Å². The second-order valence-electron chi connectivity index (χ2n) is 4.46. The Morgan fingerprint density at radius 1 is 1.28 bits per heavy atom. The van der Waals surface area contributed by atoms with E-state index in [2.05, 4.69) is 0 Å². The molecule has 0 saturated heterocycles. The number of carbonyl (C=O) groups is 1. The highest BCUT2D eigenvalue weighted by Gasteiger charge is 2.14. The third-order valence-corrected chi connectivity index (χ3v) is 2.71. The summed E-state index contributed by atoms with van der Waals surface area (Å²) in [7, 11) is 1.69. The van der Waals surface area contributed by atoms with Gasteiger partial charge in [-0.3, -0.25) is 13.9 Å². The maximum absolute atomic E-state index is 12.0. The van der Waals surface area contributed by atoms with E-state index in [1.54, 1.807) is 20.9 Å². The van der Waals surface area contributed by atoms with Gasteiger partial charge in [0.2, 0.25) is 0 Å². The molecule has 0 radical (unpaired) electrons. The Bertz CT molecular complexity index is 637. The first-order chi connectivity index (χ1) is 8.50. The van der Waals surface area contributed by atoms with Crippen molar-refractivity contribution >= 4 is 17.0 Å². The van der Waals surface area contributed by atoms with Gasteiger partial charge in [-0.25, -0.2) is 4.79 Å². The van der Waals surface area contributed by atoms with Crippen LogP contribution >= 0.6 is 0 Å². The number of nitrogens with zero attached hydrogens (tertiary/aromatic N) is 2. The first kappa shape index (κ1) is 12.4. The second-order valence-corrected chi connectivity index (χ2v) is 4.46. The number of imidazole rings is 1. The molecule has 0 atom stereocenters. The molecule has 18 heavy (non-hydrogen) atoms. The summed E-state index contributed by atoms with van der Waals surface area (Å²) in [6, 6.07) is 7.37. The van der Waals surface area contributed by atoms with Crippen molar-refractivity contribution in [1.82, 2.24) is 9.13 Å². The Kier molecular flexibility index (Phi) is 3.23. The zero-order valence-corrected chi connectivity index (χ0v) is 10.7. The molecule has 2 aromatic rings. The molecule has 5 heteroatoms. The first-order valence-electron chi connectivity index (χ1n) is 5.84. The molecule has 2 rings (SSSR count). The molecule has 1 heterocycles. The highest BCUT2D eigenvalue weighted by atomic mass is 16.5. The average molecular weight is 248 g/mol. The largest absolute Gasteiger partial charge is 0.462 e. The molecule has 0 aliphatic rings. The molecule has 96 valence electrons. The van der Waals surface area contributed by atoms with Gasteiger partial charge in [0.15, 0.2) is 0 Å². The van der Waals surface area contributed by atoms with E-state index in [1.807, 2.05) is 24.3 Å². The van der Waals surface area contributed by atoms with Crippen molar-refractivity contribution in [3.05, 3.63) is 34.7 Å². The van der Waals surface area contributed by atoms with Crippen molar-refractivity contribution in [2.75, 3.05) is 0 Å². The number of carbonyl (C=O) groups excluding carboxylic acids is 1. The Labute approximate surface area is 105 Å². The van der Waals surface area contributed by atoms with Crippen LogP contribution in [0.1, 0.15) is 13.8 Å². The standard InChI is InChI=1S/C13H16N2O3/c1-9(2)18-12(16)8-15-11-7-5-4-6-10(11)14(3)13(15)17/h4-7,9H,8H2,1-3H3. The van der Waals surface area contributed by atoms with Crippen molar-refractivity contribution in [1.29, 1.82) is 0 Å². The fourth-order valence-electron chi connectivity index (χ4n) is 1.95. The zero-order valence-electron chi connectivity index (χ0n) is 10.7. The van der Waals surface area contributed by atoms with Gasteiger partial charge in [-0.1, -0.05) is 12.1 Å². The van der Waals surface area contributed by atoms with Crippen LogP contribution in [0.2, 0.25) is 0 Å². The monoisotopic (exact) mass is 248 g/mol. The minimum absolute atomic E-state index is 0.0572. The Balaban J connectivity index is 2.42. The molecule has 1 aromatic heterocycles. The highest BCUT2D eigenvalue weighted by Crippen LogP contribution is 2.11. The van der Waals surface area contributed by atoms with Gasteiger partial charge in [0.1, 0.15) is 6.54 Å². The summed E-state index contributed by atoms with van der Waals surface area (Å²) in [5.74, 6) is -0.400. The smallest absolute Gasteiger partial charge is 0.329 e. The van der Waals surface area contributed by atoms with Crippen LogP contribution < -0.4 is 5.69 Å². The van der Waals surface area contributed by atoms with Crippen LogP contribution in [0.15, 0.2) is 29.1 Å². The van der Waals surface area contributed by atoms with Gasteiger partial charge in [-0.15, -0.1) is 0 Å². The molecule has 5 nitrogen and oxygen atoms in total. The highest BCUT2D eigenvalue weighted by molar-refractivity contribution is 5.78. The maximum Gasteiger partial charge on any atom is 0.329 e. The van der Waals surface area contributed by atoms with E-state index in [0.29, 0.717) is 0 Å². The normalized spacial score (nSPS) is 11.1. The van der Waals surface area contributed by atoms with Crippen LogP contribution in [0.25, 0.3) is 11.0 Å². The molecule has 0 spiro atoms. The molecule has 0 bridgehead atoms. The third kappa shape index (κ3) is 2.16. The minimum atomic E-state index is -0.400. The molecule has 0 N–H and O–H groups in total. The number of para-hydroxylation sites is 2. The molecule has 0 aliphatic carbocycles. The number of fused-ring (bicyclic) bond motifs is 1. The minimum Gasteiger partial charge on any atom is -0.462 e. The Morgan fingerprint density at radius 2 is 1.89 bits per heavy atom. The van der Waals surface area contributed by atoms with Crippen molar-refractivity contribution in [2.24, 2.45) is 7.05 Å². The van der Waals surface area contributed by atoms with Crippen molar-refractivity contribution in [2.45, 2.75) is 26.5 Å². The molecule has 0 aliphatic heterocycles. The number of benzene rings is 1. The van der Waals surface area contributed by atoms with Gasteiger partial charge in [-0.05, 0) is 26.0 Å². The second kappa shape index (κ2) is 4.68. The number of ether oxygens (including phenoxy) is 1.